The van der Waals surface area contributed by atoms with E-state index in [4.69, 9.17) is 0 Å². The maximum atomic E-state index is 14.3. The average molecular weight is 291 g/mol. The molecule has 21 heavy (non-hydrogen) atoms. The van der Waals surface area contributed by atoms with E-state index in [-0.39, 0.29) is 28.3 Å². The van der Waals surface area contributed by atoms with Gasteiger partial charge in [-0.25, -0.2) is 4.39 Å². The molecule has 0 saturated carbocycles. The molecule has 0 amide bonds. The van der Waals surface area contributed by atoms with Crippen LogP contribution < -0.4 is 5.32 Å². The smallest absolute Gasteiger partial charge is 0.281 e. The Labute approximate surface area is 122 Å². The van der Waals surface area contributed by atoms with Gasteiger partial charge in [0.05, 0.1) is 22.1 Å². The van der Waals surface area contributed by atoms with E-state index in [9.17, 15) is 14.5 Å². The van der Waals surface area contributed by atoms with E-state index in [1.54, 1.807) is 12.1 Å². The molecule has 1 N–H and O–H groups in total. The number of pyridine rings is 1. The van der Waals surface area contributed by atoms with Gasteiger partial charge in [-0.1, -0.05) is 20.8 Å². The number of fused-ring (bicyclic) bond motifs is 1. The molecule has 0 spiro atoms. The van der Waals surface area contributed by atoms with E-state index in [0.29, 0.717) is 5.39 Å². The second kappa shape index (κ2) is 5.27. The highest BCUT2D eigenvalue weighted by molar-refractivity contribution is 5.97. The number of anilines is 1. The van der Waals surface area contributed by atoms with Crippen molar-refractivity contribution in [2.24, 2.45) is 5.41 Å². The van der Waals surface area contributed by atoms with E-state index >= 15 is 0 Å². The van der Waals surface area contributed by atoms with Crippen LogP contribution in [0.25, 0.3) is 10.9 Å². The van der Waals surface area contributed by atoms with E-state index < -0.39 is 10.7 Å². The highest BCUT2D eigenvalue weighted by Crippen LogP contribution is 2.34. The zero-order chi connectivity index (χ0) is 15.8. The van der Waals surface area contributed by atoms with Gasteiger partial charge in [-0.15, -0.1) is 0 Å². The maximum Gasteiger partial charge on any atom is 0.281 e. The number of nitro benzene ring substituents is 1. The molecule has 6 heteroatoms. The van der Waals surface area contributed by atoms with Crippen LogP contribution in [0.3, 0.4) is 0 Å². The lowest BCUT2D eigenvalue weighted by Gasteiger charge is -2.29. The first-order chi connectivity index (χ1) is 9.71. The highest BCUT2D eigenvalue weighted by Gasteiger charge is 2.25. The number of non-ortho nitro benzene ring substituents is 1. The molecule has 1 heterocycles. The number of hydrogen-bond donors (Lipinski definition) is 1. The third-order valence-corrected chi connectivity index (χ3v) is 3.68. The molecule has 5 nitrogen and oxygen atoms in total. The maximum absolute atomic E-state index is 14.3. The van der Waals surface area contributed by atoms with Crippen molar-refractivity contribution < 1.29 is 9.31 Å². The third kappa shape index (κ3) is 2.94. The van der Waals surface area contributed by atoms with E-state index in [0.717, 1.165) is 6.07 Å². The summed E-state index contributed by atoms with van der Waals surface area (Å²) in [4.78, 5) is 14.6. The van der Waals surface area contributed by atoms with Crippen LogP contribution >= 0.6 is 0 Å². The highest BCUT2D eigenvalue weighted by atomic mass is 19.1. The van der Waals surface area contributed by atoms with Crippen molar-refractivity contribution >= 4 is 22.3 Å². The Bertz CT molecular complexity index is 695. The molecule has 112 valence electrons. The molecule has 0 saturated heterocycles. The van der Waals surface area contributed by atoms with Crippen LogP contribution in [0.5, 0.6) is 0 Å². The Morgan fingerprint density at radius 1 is 1.43 bits per heavy atom. The number of nitrogens with zero attached hydrogens (tertiary/aromatic N) is 2. The quantitative estimate of drug-likeness (QED) is 0.682. The zero-order valence-electron chi connectivity index (χ0n) is 12.5. The van der Waals surface area contributed by atoms with E-state index in [1.165, 1.54) is 6.20 Å². The molecule has 1 unspecified atom stereocenters. The first-order valence-electron chi connectivity index (χ1n) is 6.70. The lowest BCUT2D eigenvalue weighted by Crippen LogP contribution is -2.31. The Morgan fingerprint density at radius 3 is 2.67 bits per heavy atom. The van der Waals surface area contributed by atoms with Crippen molar-refractivity contribution in [1.82, 2.24) is 4.98 Å². The summed E-state index contributed by atoms with van der Waals surface area (Å²) in [6, 6.07) is 4.09. The summed E-state index contributed by atoms with van der Waals surface area (Å²) in [5.41, 5.74) is 0.124. The molecule has 2 aromatic rings. The fourth-order valence-corrected chi connectivity index (χ4v) is 1.92. The molecule has 0 radical (unpaired) electrons. The van der Waals surface area contributed by atoms with Crippen LogP contribution in [-0.4, -0.2) is 15.9 Å². The first-order valence-corrected chi connectivity index (χ1v) is 6.70. The SMILES string of the molecule is CC(Nc1c(F)cc([N+](=O)[O-])c2cccnc12)C(C)(C)C. The van der Waals surface area contributed by atoms with E-state index in [2.05, 4.69) is 10.3 Å². The Balaban J connectivity index is 2.62. The zero-order valence-corrected chi connectivity index (χ0v) is 12.5. The Kier molecular flexibility index (Phi) is 3.80. The molecular weight excluding hydrogens is 273 g/mol. The van der Waals surface area contributed by atoms with Gasteiger partial charge in [-0.3, -0.25) is 15.1 Å². The normalized spacial score (nSPS) is 13.2. The third-order valence-electron chi connectivity index (χ3n) is 3.68. The largest absolute Gasteiger partial charge is 0.378 e. The lowest BCUT2D eigenvalue weighted by atomic mass is 9.88. The summed E-state index contributed by atoms with van der Waals surface area (Å²) >= 11 is 0. The molecule has 1 aromatic heterocycles. The van der Waals surface area contributed by atoms with Crippen LogP contribution in [-0.2, 0) is 0 Å². The lowest BCUT2D eigenvalue weighted by molar-refractivity contribution is -0.383. The summed E-state index contributed by atoms with van der Waals surface area (Å²) in [5.74, 6) is -0.663. The molecule has 0 aliphatic rings. The number of halogens is 1. The van der Waals surface area contributed by atoms with Gasteiger partial charge in [-0.05, 0) is 24.5 Å². The van der Waals surface area contributed by atoms with Gasteiger partial charge in [0, 0.05) is 12.2 Å². The molecule has 2 rings (SSSR count). The molecule has 1 atom stereocenters. The molecule has 0 fully saturated rings. The van der Waals surface area contributed by atoms with Crippen LogP contribution in [0.4, 0.5) is 15.8 Å². The summed E-state index contributed by atoms with van der Waals surface area (Å²) in [7, 11) is 0. The van der Waals surface area contributed by atoms with Gasteiger partial charge in [-0.2, -0.15) is 0 Å². The second-order valence-electron chi connectivity index (χ2n) is 6.14. The molecule has 0 bridgehead atoms. The molecule has 1 aromatic carbocycles. The predicted octanol–water partition coefficient (Wildman–Crippen LogP) is 4.13. The van der Waals surface area contributed by atoms with Crippen molar-refractivity contribution in [3.63, 3.8) is 0 Å². The van der Waals surface area contributed by atoms with Crippen molar-refractivity contribution in [3.05, 3.63) is 40.3 Å². The van der Waals surface area contributed by atoms with Crippen LogP contribution in [0.2, 0.25) is 0 Å². The molecule has 0 aliphatic heterocycles. The van der Waals surface area contributed by atoms with E-state index in [1.807, 2.05) is 27.7 Å². The number of benzene rings is 1. The van der Waals surface area contributed by atoms with Crippen molar-refractivity contribution in [1.29, 1.82) is 0 Å². The van der Waals surface area contributed by atoms with Gasteiger partial charge in [0.25, 0.3) is 5.69 Å². The minimum atomic E-state index is -0.663. The van der Waals surface area contributed by atoms with Crippen LogP contribution in [0.1, 0.15) is 27.7 Å². The average Bonchev–Trinajstić information content (AvgIpc) is 2.40. The topological polar surface area (TPSA) is 68.1 Å². The molecular formula is C15H18FN3O2. The van der Waals surface area contributed by atoms with Gasteiger partial charge < -0.3 is 5.32 Å². The summed E-state index contributed by atoms with van der Waals surface area (Å²) in [5, 5.41) is 14.5. The van der Waals surface area contributed by atoms with Gasteiger partial charge in [0.15, 0.2) is 5.82 Å². The minimum absolute atomic E-state index is 0.0290. The fourth-order valence-electron chi connectivity index (χ4n) is 1.92. The van der Waals surface area contributed by atoms with Gasteiger partial charge in [0.1, 0.15) is 5.52 Å². The van der Waals surface area contributed by atoms with Crippen molar-refractivity contribution in [2.75, 3.05) is 5.32 Å². The predicted molar refractivity (Wildman–Crippen MR) is 80.9 cm³/mol. The van der Waals surface area contributed by atoms with Crippen LogP contribution in [0, 0.1) is 21.3 Å². The second-order valence-corrected chi connectivity index (χ2v) is 6.14. The summed E-state index contributed by atoms with van der Waals surface area (Å²) < 4.78 is 14.3. The first kappa shape index (κ1) is 15.2. The monoisotopic (exact) mass is 291 g/mol. The standard InChI is InChI=1S/C15H18FN3O2/c1-9(15(2,3)4)18-14-11(16)8-12(19(20)21)10-6-5-7-17-13(10)14/h5-9,18H,1-4H3. The number of hydrogen-bond acceptors (Lipinski definition) is 4. The number of nitrogens with one attached hydrogen (secondary N) is 1. The van der Waals surface area contributed by atoms with Gasteiger partial charge in [0.2, 0.25) is 0 Å². The Morgan fingerprint density at radius 2 is 2.10 bits per heavy atom. The number of rotatable bonds is 3. The summed E-state index contributed by atoms with van der Waals surface area (Å²) in [6.45, 7) is 8.03. The summed E-state index contributed by atoms with van der Waals surface area (Å²) in [6.07, 6.45) is 1.50. The fraction of sp³-hybridized carbons (Fsp3) is 0.400. The minimum Gasteiger partial charge on any atom is -0.378 e. The van der Waals surface area contributed by atoms with Crippen molar-refractivity contribution in [2.45, 2.75) is 33.7 Å². The van der Waals surface area contributed by atoms with Crippen LogP contribution in [0.15, 0.2) is 24.4 Å². The Hall–Kier alpha value is -2.24. The number of nitro groups is 1. The van der Waals surface area contributed by atoms with Gasteiger partial charge >= 0.3 is 0 Å². The number of aromatic nitrogens is 1. The molecule has 0 aliphatic carbocycles. The van der Waals surface area contributed by atoms with Crippen molar-refractivity contribution in [3.8, 4) is 0 Å².